The molecule has 98 valence electrons. The van der Waals surface area contributed by atoms with Gasteiger partial charge in [0.2, 0.25) is 5.91 Å². The Bertz CT molecular complexity index is 632. The summed E-state index contributed by atoms with van der Waals surface area (Å²) in [5.74, 6) is -0.419. The summed E-state index contributed by atoms with van der Waals surface area (Å²) in [4.78, 5) is 34.1. The molecule has 19 heavy (non-hydrogen) atoms. The summed E-state index contributed by atoms with van der Waals surface area (Å²) in [5, 5.41) is 13.7. The van der Waals surface area contributed by atoms with Crippen molar-refractivity contribution in [1.29, 1.82) is 0 Å². The predicted octanol–water partition coefficient (Wildman–Crippen LogP) is 2.17. The number of benzene rings is 1. The Morgan fingerprint density at radius 1 is 1.42 bits per heavy atom. The van der Waals surface area contributed by atoms with Gasteiger partial charge in [0.15, 0.2) is 5.78 Å². The summed E-state index contributed by atoms with van der Waals surface area (Å²) >= 11 is 0. The van der Waals surface area contributed by atoms with E-state index in [-0.39, 0.29) is 28.6 Å². The smallest absolute Gasteiger partial charge is 0.293 e. The van der Waals surface area contributed by atoms with Crippen LogP contribution in [0.25, 0.3) is 0 Å². The van der Waals surface area contributed by atoms with Gasteiger partial charge in [0.25, 0.3) is 5.69 Å². The van der Waals surface area contributed by atoms with Crippen LogP contribution in [0.4, 0.5) is 11.4 Å². The van der Waals surface area contributed by atoms with Gasteiger partial charge in [-0.3, -0.25) is 19.7 Å². The van der Waals surface area contributed by atoms with Crippen LogP contribution in [-0.2, 0) is 10.2 Å². The third-order valence-electron chi connectivity index (χ3n) is 4.12. The number of Topliss-reactive ketones (excluding diaryl/α,β-unsaturated/α-hetero) is 1. The number of amides is 1. The predicted molar refractivity (Wildman–Crippen MR) is 67.3 cm³/mol. The van der Waals surface area contributed by atoms with Crippen molar-refractivity contribution in [3.8, 4) is 0 Å². The van der Waals surface area contributed by atoms with Gasteiger partial charge in [0, 0.05) is 11.6 Å². The van der Waals surface area contributed by atoms with Crippen LogP contribution in [0.3, 0.4) is 0 Å². The highest BCUT2D eigenvalue weighted by atomic mass is 16.6. The zero-order valence-corrected chi connectivity index (χ0v) is 10.4. The summed E-state index contributed by atoms with van der Waals surface area (Å²) in [6, 6.07) is 2.86. The molecule has 0 atom stereocenters. The second-order valence-electron chi connectivity index (χ2n) is 5.12. The summed E-state index contributed by atoms with van der Waals surface area (Å²) in [6.45, 7) is 1.36. The minimum Gasteiger partial charge on any atom is -0.319 e. The van der Waals surface area contributed by atoms with E-state index < -0.39 is 10.3 Å². The number of hydrogen-bond acceptors (Lipinski definition) is 4. The van der Waals surface area contributed by atoms with Gasteiger partial charge in [0.1, 0.15) is 5.69 Å². The van der Waals surface area contributed by atoms with Crippen molar-refractivity contribution in [3.05, 3.63) is 33.4 Å². The molecule has 1 amide bonds. The molecular formula is C13H12N2O4. The van der Waals surface area contributed by atoms with E-state index in [9.17, 15) is 19.7 Å². The molecule has 6 heteroatoms. The lowest BCUT2D eigenvalue weighted by atomic mass is 9.65. The quantitative estimate of drug-likeness (QED) is 0.501. The third kappa shape index (κ3) is 1.43. The highest BCUT2D eigenvalue weighted by molar-refractivity contribution is 6.10. The molecule has 1 heterocycles. The Morgan fingerprint density at radius 3 is 2.58 bits per heavy atom. The van der Waals surface area contributed by atoms with Crippen LogP contribution in [0.1, 0.15) is 42.1 Å². The number of nitrogens with zero attached hydrogens (tertiary/aromatic N) is 1. The van der Waals surface area contributed by atoms with Crippen LogP contribution in [0.15, 0.2) is 12.1 Å². The Balaban J connectivity index is 2.27. The van der Waals surface area contributed by atoms with Crippen molar-refractivity contribution < 1.29 is 14.5 Å². The SMILES string of the molecule is CC(=O)c1cc([N+](=O)[O-])c2c(c1)C1(CCC1)C(=O)N2. The number of hydrogen-bond donors (Lipinski definition) is 1. The van der Waals surface area contributed by atoms with E-state index in [2.05, 4.69) is 5.32 Å². The molecule has 0 saturated heterocycles. The lowest BCUT2D eigenvalue weighted by molar-refractivity contribution is -0.384. The molecule has 1 aliphatic carbocycles. The Hall–Kier alpha value is -2.24. The number of carbonyl (C=O) groups is 2. The normalized spacial score (nSPS) is 18.7. The minimum absolute atomic E-state index is 0.183. The molecule has 0 unspecified atom stereocenters. The number of carbonyl (C=O) groups excluding carboxylic acids is 2. The Kier molecular flexibility index (Phi) is 2.26. The first kappa shape index (κ1) is 11.8. The highest BCUT2D eigenvalue weighted by Gasteiger charge is 2.53. The first-order chi connectivity index (χ1) is 8.95. The topological polar surface area (TPSA) is 89.3 Å². The van der Waals surface area contributed by atoms with Gasteiger partial charge in [0.05, 0.1) is 10.3 Å². The monoisotopic (exact) mass is 260 g/mol. The molecule has 0 radical (unpaired) electrons. The largest absolute Gasteiger partial charge is 0.319 e. The van der Waals surface area contributed by atoms with E-state index in [0.717, 1.165) is 6.42 Å². The maximum atomic E-state index is 12.1. The van der Waals surface area contributed by atoms with Gasteiger partial charge in [-0.05, 0) is 31.4 Å². The first-order valence-corrected chi connectivity index (χ1v) is 6.11. The molecule has 1 fully saturated rings. The maximum Gasteiger partial charge on any atom is 0.293 e. The summed E-state index contributed by atoms with van der Waals surface area (Å²) in [5.41, 5.74) is 0.321. The van der Waals surface area contributed by atoms with Crippen LogP contribution < -0.4 is 5.32 Å². The average molecular weight is 260 g/mol. The standard InChI is InChI=1S/C13H12N2O4/c1-7(16)8-5-9-11(10(6-8)15(18)19)14-12(17)13(9)3-2-4-13/h5-6H,2-4H2,1H3,(H,14,17). The fraction of sp³-hybridized carbons (Fsp3) is 0.385. The van der Waals surface area contributed by atoms with Crippen molar-refractivity contribution in [3.63, 3.8) is 0 Å². The lowest BCUT2D eigenvalue weighted by Crippen LogP contribution is -2.40. The number of ketones is 1. The molecule has 1 aromatic carbocycles. The van der Waals surface area contributed by atoms with Gasteiger partial charge < -0.3 is 5.32 Å². The zero-order valence-electron chi connectivity index (χ0n) is 10.4. The van der Waals surface area contributed by atoms with Gasteiger partial charge in [-0.1, -0.05) is 6.42 Å². The van der Waals surface area contributed by atoms with Gasteiger partial charge in [-0.2, -0.15) is 0 Å². The Morgan fingerprint density at radius 2 is 2.11 bits per heavy atom. The van der Waals surface area contributed by atoms with Crippen molar-refractivity contribution in [2.75, 3.05) is 5.32 Å². The molecule has 0 bridgehead atoms. The molecule has 3 rings (SSSR count). The van der Waals surface area contributed by atoms with Crippen molar-refractivity contribution in [2.24, 2.45) is 0 Å². The minimum atomic E-state index is -0.647. The molecule has 1 aliphatic heterocycles. The number of fused-ring (bicyclic) bond motifs is 2. The number of nitro groups is 1. The van der Waals surface area contributed by atoms with E-state index >= 15 is 0 Å². The molecule has 0 aromatic heterocycles. The lowest BCUT2D eigenvalue weighted by Gasteiger charge is -2.36. The van der Waals surface area contributed by atoms with Crippen LogP contribution in [0.2, 0.25) is 0 Å². The highest BCUT2D eigenvalue weighted by Crippen LogP contribution is 2.53. The van der Waals surface area contributed by atoms with Crippen molar-refractivity contribution in [1.82, 2.24) is 0 Å². The van der Waals surface area contributed by atoms with E-state index in [4.69, 9.17) is 0 Å². The Labute approximate surface area is 109 Å². The second kappa shape index (κ2) is 3.63. The third-order valence-corrected chi connectivity index (χ3v) is 4.12. The first-order valence-electron chi connectivity index (χ1n) is 6.11. The number of nitrogens with one attached hydrogen (secondary N) is 1. The molecule has 2 aliphatic rings. The summed E-state index contributed by atoms with van der Waals surface area (Å²) in [6.07, 6.45) is 2.29. The van der Waals surface area contributed by atoms with Gasteiger partial charge >= 0.3 is 0 Å². The van der Waals surface area contributed by atoms with Crippen LogP contribution in [0, 0.1) is 10.1 Å². The fourth-order valence-electron chi connectivity index (χ4n) is 2.87. The molecule has 1 spiro atoms. The summed E-state index contributed by atoms with van der Waals surface area (Å²) < 4.78 is 0. The summed E-state index contributed by atoms with van der Waals surface area (Å²) in [7, 11) is 0. The zero-order chi connectivity index (χ0) is 13.8. The molecule has 1 saturated carbocycles. The molecule has 6 nitrogen and oxygen atoms in total. The van der Waals surface area contributed by atoms with Crippen LogP contribution in [-0.4, -0.2) is 16.6 Å². The van der Waals surface area contributed by atoms with Crippen LogP contribution >= 0.6 is 0 Å². The maximum absolute atomic E-state index is 12.1. The van der Waals surface area contributed by atoms with E-state index in [0.29, 0.717) is 18.4 Å². The second-order valence-corrected chi connectivity index (χ2v) is 5.12. The van der Waals surface area contributed by atoms with E-state index in [1.807, 2.05) is 0 Å². The van der Waals surface area contributed by atoms with E-state index in [1.165, 1.54) is 13.0 Å². The molecular weight excluding hydrogens is 248 g/mol. The van der Waals surface area contributed by atoms with Crippen molar-refractivity contribution in [2.45, 2.75) is 31.6 Å². The fourth-order valence-corrected chi connectivity index (χ4v) is 2.87. The van der Waals surface area contributed by atoms with E-state index in [1.54, 1.807) is 6.07 Å². The number of nitro benzene ring substituents is 1. The molecule has 1 N–H and O–H groups in total. The van der Waals surface area contributed by atoms with Gasteiger partial charge in [-0.25, -0.2) is 0 Å². The molecule has 1 aromatic rings. The van der Waals surface area contributed by atoms with Crippen LogP contribution in [0.5, 0.6) is 0 Å². The van der Waals surface area contributed by atoms with Crippen molar-refractivity contribution >= 4 is 23.1 Å². The average Bonchev–Trinajstić information content (AvgIpc) is 2.58. The van der Waals surface area contributed by atoms with Gasteiger partial charge in [-0.15, -0.1) is 0 Å². The number of rotatable bonds is 2. The number of anilines is 1.